The Hall–Kier alpha value is -2.31. The minimum Gasteiger partial charge on any atom is -0.192 e. The minimum absolute atomic E-state index is 0.449. The fourth-order valence-corrected chi connectivity index (χ4v) is 1.93. The maximum atomic E-state index is 9.09. The van der Waals surface area contributed by atoms with Crippen LogP contribution in [0, 0.1) is 47.8 Å². The largest absolute Gasteiger partial charge is 0.192 e. The Morgan fingerprint density at radius 2 is 1.19 bits per heavy atom. The lowest BCUT2D eigenvalue weighted by Gasteiger charge is -2.12. The van der Waals surface area contributed by atoms with Gasteiger partial charge in [-0.1, -0.05) is 6.92 Å². The van der Waals surface area contributed by atoms with E-state index in [9.17, 15) is 0 Å². The lowest BCUT2D eigenvalue weighted by atomic mass is 9.88. The van der Waals surface area contributed by atoms with Crippen LogP contribution in [-0.4, -0.2) is 0 Å². The van der Waals surface area contributed by atoms with Crippen molar-refractivity contribution in [2.75, 3.05) is 0 Å². The number of nitrogens with zero attached hydrogens (tertiary/aromatic N) is 3. The first-order chi connectivity index (χ1) is 7.62. The third-order valence-corrected chi connectivity index (χ3v) is 2.79. The zero-order valence-electron chi connectivity index (χ0n) is 9.55. The number of rotatable bonds is 1. The van der Waals surface area contributed by atoms with Gasteiger partial charge in [0, 0.05) is 0 Å². The molecule has 3 heteroatoms. The van der Waals surface area contributed by atoms with Crippen molar-refractivity contribution in [2.45, 2.75) is 27.2 Å². The Morgan fingerprint density at radius 1 is 0.812 bits per heavy atom. The number of hydrogen-bond donors (Lipinski definition) is 0. The van der Waals surface area contributed by atoms with E-state index in [1.807, 2.05) is 6.92 Å². The van der Waals surface area contributed by atoms with Gasteiger partial charge in [-0.3, -0.25) is 0 Å². The van der Waals surface area contributed by atoms with E-state index in [1.54, 1.807) is 13.8 Å². The molecular formula is C13H11N3. The molecule has 3 nitrogen and oxygen atoms in total. The molecule has 0 saturated carbocycles. The van der Waals surface area contributed by atoms with Crippen molar-refractivity contribution in [1.29, 1.82) is 15.8 Å². The van der Waals surface area contributed by atoms with Crippen LogP contribution in [0.3, 0.4) is 0 Å². The molecule has 0 aliphatic heterocycles. The van der Waals surface area contributed by atoms with Gasteiger partial charge in [0.05, 0.1) is 34.9 Å². The molecular weight excluding hydrogens is 198 g/mol. The molecule has 0 fully saturated rings. The highest BCUT2D eigenvalue weighted by molar-refractivity contribution is 5.63. The molecule has 1 aromatic rings. The minimum atomic E-state index is 0.449. The topological polar surface area (TPSA) is 71.4 Å². The molecule has 0 atom stereocenters. The van der Waals surface area contributed by atoms with E-state index in [1.165, 1.54) is 0 Å². The molecule has 78 valence electrons. The van der Waals surface area contributed by atoms with E-state index in [0.29, 0.717) is 34.2 Å². The maximum Gasteiger partial charge on any atom is 0.0998 e. The third kappa shape index (κ3) is 1.52. The SMILES string of the molecule is CCc1c(C#N)c(C)c(C#N)c(C)c1C#N. The lowest BCUT2D eigenvalue weighted by Crippen LogP contribution is -2.03. The van der Waals surface area contributed by atoms with Crippen LogP contribution in [0.25, 0.3) is 0 Å². The highest BCUT2D eigenvalue weighted by Crippen LogP contribution is 2.26. The Labute approximate surface area is 95.2 Å². The van der Waals surface area contributed by atoms with E-state index in [2.05, 4.69) is 18.2 Å². The van der Waals surface area contributed by atoms with Crippen molar-refractivity contribution in [3.63, 3.8) is 0 Å². The van der Waals surface area contributed by atoms with E-state index < -0.39 is 0 Å². The predicted molar refractivity (Wildman–Crippen MR) is 59.4 cm³/mol. The highest BCUT2D eigenvalue weighted by Gasteiger charge is 2.17. The Bertz CT molecular complexity index is 522. The summed E-state index contributed by atoms with van der Waals surface area (Å²) in [6.07, 6.45) is 0.624. The van der Waals surface area contributed by atoms with E-state index in [-0.39, 0.29) is 0 Å². The number of hydrogen-bond acceptors (Lipinski definition) is 3. The smallest absolute Gasteiger partial charge is 0.0998 e. The van der Waals surface area contributed by atoms with Crippen LogP contribution >= 0.6 is 0 Å². The third-order valence-electron chi connectivity index (χ3n) is 2.79. The summed E-state index contributed by atoms with van der Waals surface area (Å²) in [4.78, 5) is 0. The van der Waals surface area contributed by atoms with Gasteiger partial charge < -0.3 is 0 Å². The van der Waals surface area contributed by atoms with E-state index >= 15 is 0 Å². The predicted octanol–water partition coefficient (Wildman–Crippen LogP) is 2.48. The number of benzene rings is 1. The molecule has 0 aliphatic rings. The summed E-state index contributed by atoms with van der Waals surface area (Å²) in [7, 11) is 0. The van der Waals surface area contributed by atoms with Gasteiger partial charge in [0.25, 0.3) is 0 Å². The van der Waals surface area contributed by atoms with Gasteiger partial charge in [-0.2, -0.15) is 15.8 Å². The van der Waals surface area contributed by atoms with E-state index in [0.717, 1.165) is 5.56 Å². The molecule has 1 aromatic carbocycles. The first kappa shape index (κ1) is 11.8. The van der Waals surface area contributed by atoms with Crippen LogP contribution < -0.4 is 0 Å². The van der Waals surface area contributed by atoms with Gasteiger partial charge in [0.15, 0.2) is 0 Å². The second-order valence-corrected chi connectivity index (χ2v) is 3.54. The van der Waals surface area contributed by atoms with Crippen LogP contribution in [0.2, 0.25) is 0 Å². The summed E-state index contributed by atoms with van der Waals surface area (Å²) in [5.74, 6) is 0. The molecule has 0 radical (unpaired) electrons. The Kier molecular flexibility index (Phi) is 3.29. The van der Waals surface area contributed by atoms with Crippen molar-refractivity contribution in [1.82, 2.24) is 0 Å². The van der Waals surface area contributed by atoms with Gasteiger partial charge in [-0.05, 0) is 37.0 Å². The van der Waals surface area contributed by atoms with Gasteiger partial charge in [-0.25, -0.2) is 0 Å². The van der Waals surface area contributed by atoms with Gasteiger partial charge >= 0.3 is 0 Å². The molecule has 1 rings (SSSR count). The van der Waals surface area contributed by atoms with Crippen molar-refractivity contribution < 1.29 is 0 Å². The second-order valence-electron chi connectivity index (χ2n) is 3.54. The van der Waals surface area contributed by atoms with Gasteiger partial charge in [0.1, 0.15) is 0 Å². The average molecular weight is 209 g/mol. The van der Waals surface area contributed by atoms with Crippen molar-refractivity contribution in [3.05, 3.63) is 33.4 Å². The number of nitriles is 3. The van der Waals surface area contributed by atoms with Crippen LogP contribution in [0.5, 0.6) is 0 Å². The monoisotopic (exact) mass is 209 g/mol. The molecule has 0 aliphatic carbocycles. The second kappa shape index (κ2) is 4.47. The van der Waals surface area contributed by atoms with Gasteiger partial charge in [-0.15, -0.1) is 0 Å². The van der Waals surface area contributed by atoms with Gasteiger partial charge in [0.2, 0.25) is 0 Å². The fraction of sp³-hybridized carbons (Fsp3) is 0.308. The van der Waals surface area contributed by atoms with Crippen LogP contribution in [-0.2, 0) is 6.42 Å². The fourth-order valence-electron chi connectivity index (χ4n) is 1.93. The Balaban J connectivity index is 3.88. The first-order valence-corrected chi connectivity index (χ1v) is 4.98. The molecule has 0 amide bonds. The molecule has 16 heavy (non-hydrogen) atoms. The average Bonchev–Trinajstić information content (AvgIpc) is 2.29. The molecule has 0 bridgehead atoms. The van der Waals surface area contributed by atoms with Crippen molar-refractivity contribution >= 4 is 0 Å². The van der Waals surface area contributed by atoms with Crippen molar-refractivity contribution in [3.8, 4) is 18.2 Å². The molecule has 0 saturated heterocycles. The standard InChI is InChI=1S/C13H11N3/c1-4-10-12(6-15)8(2)11(5-14)9(3)13(10)7-16/h4H2,1-3H3. The zero-order chi connectivity index (χ0) is 12.3. The lowest BCUT2D eigenvalue weighted by molar-refractivity contribution is 1.08. The summed E-state index contributed by atoms with van der Waals surface area (Å²) in [5, 5.41) is 27.2. The van der Waals surface area contributed by atoms with Crippen LogP contribution in [0.1, 0.15) is 40.3 Å². The summed E-state index contributed by atoms with van der Waals surface area (Å²) in [5.41, 5.74) is 3.50. The maximum absolute atomic E-state index is 9.09. The molecule has 0 spiro atoms. The molecule has 0 N–H and O–H groups in total. The quantitative estimate of drug-likeness (QED) is 0.713. The summed E-state index contributed by atoms with van der Waals surface area (Å²) in [6.45, 7) is 5.41. The zero-order valence-corrected chi connectivity index (χ0v) is 9.55. The normalized spacial score (nSPS) is 9.00. The van der Waals surface area contributed by atoms with E-state index in [4.69, 9.17) is 15.8 Å². The molecule has 0 unspecified atom stereocenters. The summed E-state index contributed by atoms with van der Waals surface area (Å²) >= 11 is 0. The highest BCUT2D eigenvalue weighted by atomic mass is 14.3. The Morgan fingerprint density at radius 3 is 1.44 bits per heavy atom. The van der Waals surface area contributed by atoms with Crippen LogP contribution in [0.15, 0.2) is 0 Å². The molecule has 0 aromatic heterocycles. The summed E-state index contributed by atoms with van der Waals surface area (Å²) in [6, 6.07) is 6.24. The van der Waals surface area contributed by atoms with Crippen molar-refractivity contribution in [2.24, 2.45) is 0 Å². The summed E-state index contributed by atoms with van der Waals surface area (Å²) < 4.78 is 0. The molecule has 0 heterocycles. The first-order valence-electron chi connectivity index (χ1n) is 4.98. The van der Waals surface area contributed by atoms with Crippen LogP contribution in [0.4, 0.5) is 0 Å².